The van der Waals surface area contributed by atoms with E-state index in [4.69, 9.17) is 5.73 Å². The molecule has 2 heterocycles. The molecule has 0 radical (unpaired) electrons. The fourth-order valence-corrected chi connectivity index (χ4v) is 4.24. The molecule has 2 aliphatic heterocycles. The molecule has 5 heteroatoms. The summed E-state index contributed by atoms with van der Waals surface area (Å²) in [6, 6.07) is 6.19. The fraction of sp³-hybridized carbons (Fsp3) is 0.600. The van der Waals surface area contributed by atoms with E-state index in [0.717, 1.165) is 36.2 Å². The molecular formula is C20H29N3O2. The molecule has 3 rings (SSSR count). The molecule has 1 aromatic rings. The summed E-state index contributed by atoms with van der Waals surface area (Å²) in [6.07, 6.45) is 2.52. The smallest absolute Gasteiger partial charge is 0.239 e. The van der Waals surface area contributed by atoms with Crippen LogP contribution in [0, 0.1) is 25.7 Å². The van der Waals surface area contributed by atoms with Crippen LogP contribution in [0.3, 0.4) is 0 Å². The van der Waals surface area contributed by atoms with Crippen LogP contribution in [0.1, 0.15) is 37.3 Å². The third-order valence-electron chi connectivity index (χ3n) is 5.55. The minimum atomic E-state index is -0.553. The van der Waals surface area contributed by atoms with Crippen molar-refractivity contribution in [1.82, 2.24) is 4.90 Å². The van der Waals surface area contributed by atoms with Gasteiger partial charge in [0.25, 0.3) is 0 Å². The first kappa shape index (κ1) is 17.9. The third kappa shape index (κ3) is 3.56. The lowest BCUT2D eigenvalue weighted by molar-refractivity contribution is -0.143. The van der Waals surface area contributed by atoms with Gasteiger partial charge in [-0.05, 0) is 62.3 Å². The van der Waals surface area contributed by atoms with Crippen molar-refractivity contribution in [1.29, 1.82) is 0 Å². The number of piperidine rings is 1. The molecule has 0 aromatic heterocycles. The Morgan fingerprint density at radius 1 is 1.16 bits per heavy atom. The SMILES string of the molecule is Cc1cc(C)cc(N2CCC(C(=O)N3CCC(C)CC3CN)C2=O)c1. The Hall–Kier alpha value is -1.88. The Morgan fingerprint density at radius 3 is 2.48 bits per heavy atom. The van der Waals surface area contributed by atoms with Crippen molar-refractivity contribution in [3.63, 3.8) is 0 Å². The number of carbonyl (C=O) groups is 2. The van der Waals surface area contributed by atoms with E-state index in [9.17, 15) is 9.59 Å². The number of hydrogen-bond acceptors (Lipinski definition) is 3. The highest BCUT2D eigenvalue weighted by Gasteiger charge is 2.42. The highest BCUT2D eigenvalue weighted by atomic mass is 16.2. The van der Waals surface area contributed by atoms with Crippen LogP contribution in [0.5, 0.6) is 0 Å². The summed E-state index contributed by atoms with van der Waals surface area (Å²) in [7, 11) is 0. The Bertz CT molecular complexity index is 653. The summed E-state index contributed by atoms with van der Waals surface area (Å²) in [5.41, 5.74) is 9.05. The molecule has 2 amide bonds. The molecule has 0 spiro atoms. The predicted molar refractivity (Wildman–Crippen MR) is 99.3 cm³/mol. The third-order valence-corrected chi connectivity index (χ3v) is 5.55. The van der Waals surface area contributed by atoms with Crippen LogP contribution in [-0.2, 0) is 9.59 Å². The van der Waals surface area contributed by atoms with Gasteiger partial charge in [-0.15, -0.1) is 0 Å². The molecule has 0 aliphatic carbocycles. The molecule has 2 saturated heterocycles. The number of nitrogens with two attached hydrogens (primary N) is 1. The van der Waals surface area contributed by atoms with Crippen molar-refractivity contribution in [2.75, 3.05) is 24.5 Å². The summed E-state index contributed by atoms with van der Waals surface area (Å²) in [4.78, 5) is 29.6. The zero-order valence-corrected chi connectivity index (χ0v) is 15.5. The van der Waals surface area contributed by atoms with Crippen molar-refractivity contribution in [3.8, 4) is 0 Å². The minimum Gasteiger partial charge on any atom is -0.338 e. The molecule has 1 aromatic carbocycles. The molecule has 25 heavy (non-hydrogen) atoms. The number of anilines is 1. The van der Waals surface area contributed by atoms with E-state index in [1.54, 1.807) is 4.90 Å². The number of rotatable bonds is 3. The van der Waals surface area contributed by atoms with Crippen LogP contribution in [0.15, 0.2) is 18.2 Å². The molecule has 2 N–H and O–H groups in total. The maximum Gasteiger partial charge on any atom is 0.239 e. The second-order valence-corrected chi connectivity index (χ2v) is 7.73. The minimum absolute atomic E-state index is 0.0285. The number of nitrogens with zero attached hydrogens (tertiary/aromatic N) is 2. The highest BCUT2D eigenvalue weighted by molar-refractivity contribution is 6.09. The largest absolute Gasteiger partial charge is 0.338 e. The van der Waals surface area contributed by atoms with Gasteiger partial charge in [0.05, 0.1) is 0 Å². The summed E-state index contributed by atoms with van der Waals surface area (Å²) < 4.78 is 0. The van der Waals surface area contributed by atoms with Crippen LogP contribution < -0.4 is 10.6 Å². The summed E-state index contributed by atoms with van der Waals surface area (Å²) in [5.74, 6) is -0.0597. The van der Waals surface area contributed by atoms with Gasteiger partial charge < -0.3 is 15.5 Å². The van der Waals surface area contributed by atoms with Crippen molar-refractivity contribution in [2.24, 2.45) is 17.6 Å². The van der Waals surface area contributed by atoms with Gasteiger partial charge in [0.15, 0.2) is 0 Å². The van der Waals surface area contributed by atoms with Crippen LogP contribution in [-0.4, -0.2) is 42.4 Å². The van der Waals surface area contributed by atoms with E-state index < -0.39 is 5.92 Å². The molecule has 2 fully saturated rings. The van der Waals surface area contributed by atoms with Gasteiger partial charge in [-0.2, -0.15) is 0 Å². The van der Waals surface area contributed by atoms with E-state index in [0.29, 0.717) is 25.4 Å². The van der Waals surface area contributed by atoms with Gasteiger partial charge in [0.1, 0.15) is 5.92 Å². The number of hydrogen-bond donors (Lipinski definition) is 1. The Balaban J connectivity index is 1.76. The maximum atomic E-state index is 13.0. The number of aryl methyl sites for hydroxylation is 2. The Morgan fingerprint density at radius 2 is 1.84 bits per heavy atom. The van der Waals surface area contributed by atoms with E-state index >= 15 is 0 Å². The lowest BCUT2D eigenvalue weighted by Gasteiger charge is -2.39. The van der Waals surface area contributed by atoms with Gasteiger partial charge in [0, 0.05) is 31.4 Å². The van der Waals surface area contributed by atoms with Crippen molar-refractivity contribution in [2.45, 2.75) is 46.1 Å². The van der Waals surface area contributed by atoms with Gasteiger partial charge >= 0.3 is 0 Å². The van der Waals surface area contributed by atoms with Gasteiger partial charge in [-0.1, -0.05) is 13.0 Å². The van der Waals surface area contributed by atoms with E-state index in [1.807, 2.05) is 30.9 Å². The highest BCUT2D eigenvalue weighted by Crippen LogP contribution is 2.30. The summed E-state index contributed by atoms with van der Waals surface area (Å²) in [6.45, 7) is 8.05. The molecule has 136 valence electrons. The number of likely N-dealkylation sites (tertiary alicyclic amines) is 1. The monoisotopic (exact) mass is 343 g/mol. The molecule has 0 saturated carbocycles. The van der Waals surface area contributed by atoms with E-state index in [1.165, 1.54) is 0 Å². The number of amides is 2. The molecule has 5 nitrogen and oxygen atoms in total. The lowest BCUT2D eigenvalue weighted by Crippen LogP contribution is -2.52. The van der Waals surface area contributed by atoms with Crippen molar-refractivity contribution < 1.29 is 9.59 Å². The average molecular weight is 343 g/mol. The number of carbonyl (C=O) groups excluding carboxylic acids is 2. The fourth-order valence-electron chi connectivity index (χ4n) is 4.24. The second-order valence-electron chi connectivity index (χ2n) is 7.73. The zero-order chi connectivity index (χ0) is 18.1. The molecule has 3 unspecified atom stereocenters. The van der Waals surface area contributed by atoms with Crippen molar-refractivity contribution >= 4 is 17.5 Å². The van der Waals surface area contributed by atoms with E-state index in [-0.39, 0.29) is 17.9 Å². The standard InChI is InChI=1S/C20H29N3O2/c1-13-4-6-23(17(9-13)12-21)20(25)18-5-7-22(19(18)24)16-10-14(2)8-15(3)11-16/h8,10-11,13,17-18H,4-7,9,12,21H2,1-3H3. The first-order valence-electron chi connectivity index (χ1n) is 9.31. The van der Waals surface area contributed by atoms with Gasteiger partial charge in [0.2, 0.25) is 11.8 Å². The lowest BCUT2D eigenvalue weighted by atomic mass is 9.91. The Labute approximate surface area is 150 Å². The summed E-state index contributed by atoms with van der Waals surface area (Å²) in [5, 5.41) is 0. The Kier molecular flexibility index (Phi) is 5.13. The van der Waals surface area contributed by atoms with Crippen LogP contribution in [0.25, 0.3) is 0 Å². The predicted octanol–water partition coefficient (Wildman–Crippen LogP) is 2.24. The van der Waals surface area contributed by atoms with Crippen LogP contribution >= 0.6 is 0 Å². The summed E-state index contributed by atoms with van der Waals surface area (Å²) >= 11 is 0. The van der Waals surface area contributed by atoms with Gasteiger partial charge in [-0.3, -0.25) is 9.59 Å². The molecule has 2 aliphatic rings. The van der Waals surface area contributed by atoms with Gasteiger partial charge in [-0.25, -0.2) is 0 Å². The quantitative estimate of drug-likeness (QED) is 0.856. The van der Waals surface area contributed by atoms with Crippen LogP contribution in [0.4, 0.5) is 5.69 Å². The normalized spacial score (nSPS) is 27.0. The zero-order valence-electron chi connectivity index (χ0n) is 15.5. The second kappa shape index (κ2) is 7.16. The first-order chi connectivity index (χ1) is 11.9. The molecular weight excluding hydrogens is 314 g/mol. The number of benzene rings is 1. The maximum absolute atomic E-state index is 13.0. The van der Waals surface area contributed by atoms with Crippen LogP contribution in [0.2, 0.25) is 0 Å². The van der Waals surface area contributed by atoms with Crippen molar-refractivity contribution in [3.05, 3.63) is 29.3 Å². The first-order valence-corrected chi connectivity index (χ1v) is 9.31. The average Bonchev–Trinajstić information content (AvgIpc) is 2.94. The topological polar surface area (TPSA) is 66.6 Å². The van der Waals surface area contributed by atoms with E-state index in [2.05, 4.69) is 13.0 Å². The molecule has 3 atom stereocenters. The molecule has 0 bridgehead atoms.